The molecule has 0 spiro atoms. The van der Waals surface area contributed by atoms with Gasteiger partial charge in [-0.05, 0) is 43.2 Å². The van der Waals surface area contributed by atoms with Gasteiger partial charge in [-0.25, -0.2) is 4.98 Å². The molecule has 7 nitrogen and oxygen atoms in total. The van der Waals surface area contributed by atoms with E-state index in [1.54, 1.807) is 18.3 Å². The number of pyridine rings is 1. The second kappa shape index (κ2) is 11.5. The van der Waals surface area contributed by atoms with Gasteiger partial charge in [-0.15, -0.1) is 0 Å². The van der Waals surface area contributed by atoms with Crippen molar-refractivity contribution in [2.45, 2.75) is 26.8 Å². The molecule has 0 aliphatic heterocycles. The van der Waals surface area contributed by atoms with Crippen LogP contribution in [0.4, 0.5) is 0 Å². The summed E-state index contributed by atoms with van der Waals surface area (Å²) in [6.07, 6.45) is 1.85. The Morgan fingerprint density at radius 2 is 1.69 bits per heavy atom. The molecule has 3 aromatic rings. The number of para-hydroxylation sites is 2. The van der Waals surface area contributed by atoms with Crippen molar-refractivity contribution in [2.75, 3.05) is 13.2 Å². The van der Waals surface area contributed by atoms with Gasteiger partial charge < -0.3 is 20.1 Å². The number of ether oxygens (including phenoxy) is 2. The molecule has 166 valence electrons. The summed E-state index contributed by atoms with van der Waals surface area (Å²) in [6.45, 7) is 4.94. The van der Waals surface area contributed by atoms with Crippen molar-refractivity contribution in [3.05, 3.63) is 83.6 Å². The minimum Gasteiger partial charge on any atom is -0.490 e. The van der Waals surface area contributed by atoms with E-state index in [1.807, 2.05) is 62.4 Å². The summed E-state index contributed by atoms with van der Waals surface area (Å²) in [4.78, 5) is 28.6. The van der Waals surface area contributed by atoms with E-state index in [0.717, 1.165) is 11.1 Å². The summed E-state index contributed by atoms with van der Waals surface area (Å²) < 4.78 is 11.3. The molecule has 0 saturated heterocycles. The van der Waals surface area contributed by atoms with Crippen molar-refractivity contribution >= 4 is 11.8 Å². The van der Waals surface area contributed by atoms with E-state index in [4.69, 9.17) is 9.47 Å². The summed E-state index contributed by atoms with van der Waals surface area (Å²) in [6, 6.07) is 18.3. The molecule has 0 aliphatic carbocycles. The Morgan fingerprint density at radius 1 is 0.938 bits per heavy atom. The molecule has 32 heavy (non-hydrogen) atoms. The fourth-order valence-corrected chi connectivity index (χ4v) is 3.00. The van der Waals surface area contributed by atoms with Crippen molar-refractivity contribution in [2.24, 2.45) is 0 Å². The molecule has 0 fully saturated rings. The highest BCUT2D eigenvalue weighted by Crippen LogP contribution is 2.30. The van der Waals surface area contributed by atoms with Crippen LogP contribution in [0.15, 0.2) is 66.9 Å². The first-order chi connectivity index (χ1) is 15.6. The van der Waals surface area contributed by atoms with E-state index in [0.29, 0.717) is 36.1 Å². The van der Waals surface area contributed by atoms with Crippen LogP contribution in [0.2, 0.25) is 0 Å². The van der Waals surface area contributed by atoms with E-state index in [2.05, 4.69) is 15.6 Å². The molecule has 0 atom stereocenters. The Hall–Kier alpha value is -3.87. The number of carbonyl (C=O) groups is 2. The van der Waals surface area contributed by atoms with Crippen molar-refractivity contribution < 1.29 is 19.1 Å². The van der Waals surface area contributed by atoms with E-state index in [-0.39, 0.29) is 24.8 Å². The Bertz CT molecular complexity index is 1050. The second-order valence-electron chi connectivity index (χ2n) is 7.08. The van der Waals surface area contributed by atoms with Gasteiger partial charge in [-0.2, -0.15) is 0 Å². The number of nitrogens with one attached hydrogen (secondary N) is 2. The van der Waals surface area contributed by atoms with Crippen LogP contribution in [0.1, 0.15) is 34.8 Å². The number of amides is 2. The molecule has 0 unspecified atom stereocenters. The highest BCUT2D eigenvalue weighted by Gasteiger charge is 2.09. The number of benzene rings is 2. The van der Waals surface area contributed by atoms with Crippen molar-refractivity contribution in [1.29, 1.82) is 0 Å². The predicted molar refractivity (Wildman–Crippen MR) is 122 cm³/mol. The summed E-state index contributed by atoms with van der Waals surface area (Å²) in [5.41, 5.74) is 2.36. The first-order valence-corrected chi connectivity index (χ1v) is 10.5. The average Bonchev–Trinajstić information content (AvgIpc) is 2.80. The number of hydrogen-bond acceptors (Lipinski definition) is 5. The maximum absolute atomic E-state index is 12.2. The van der Waals surface area contributed by atoms with Gasteiger partial charge >= 0.3 is 0 Å². The molecule has 1 heterocycles. The molecule has 2 N–H and O–H groups in total. The van der Waals surface area contributed by atoms with Crippen LogP contribution in [0.25, 0.3) is 0 Å². The lowest BCUT2D eigenvalue weighted by Crippen LogP contribution is -2.30. The third-order valence-electron chi connectivity index (χ3n) is 4.68. The SMILES string of the molecule is CCOc1ccccc1Oc1ccc(CNC(=O)CCNC(=O)c2ccccc2C)cn1. The largest absolute Gasteiger partial charge is 0.490 e. The monoisotopic (exact) mass is 433 g/mol. The predicted octanol–water partition coefficient (Wildman–Crippen LogP) is 4.02. The summed E-state index contributed by atoms with van der Waals surface area (Å²) in [7, 11) is 0. The molecular formula is C25H27N3O4. The normalized spacial score (nSPS) is 10.3. The topological polar surface area (TPSA) is 89.5 Å². The quantitative estimate of drug-likeness (QED) is 0.504. The third kappa shape index (κ3) is 6.57. The number of aromatic nitrogens is 1. The lowest BCUT2D eigenvalue weighted by molar-refractivity contribution is -0.121. The molecular weight excluding hydrogens is 406 g/mol. The number of hydrogen-bond donors (Lipinski definition) is 2. The van der Waals surface area contributed by atoms with Gasteiger partial charge in [0.25, 0.3) is 5.91 Å². The number of aryl methyl sites for hydroxylation is 1. The van der Waals surface area contributed by atoms with Gasteiger partial charge in [-0.3, -0.25) is 9.59 Å². The van der Waals surface area contributed by atoms with Crippen LogP contribution in [0.5, 0.6) is 17.4 Å². The highest BCUT2D eigenvalue weighted by molar-refractivity contribution is 5.95. The highest BCUT2D eigenvalue weighted by atomic mass is 16.5. The summed E-state index contributed by atoms with van der Waals surface area (Å²) >= 11 is 0. The zero-order chi connectivity index (χ0) is 22.8. The van der Waals surface area contributed by atoms with Gasteiger partial charge in [0.05, 0.1) is 6.61 Å². The van der Waals surface area contributed by atoms with Gasteiger partial charge in [0.1, 0.15) is 0 Å². The van der Waals surface area contributed by atoms with Crippen LogP contribution in [-0.2, 0) is 11.3 Å². The Kier molecular flexibility index (Phi) is 8.20. The van der Waals surface area contributed by atoms with Crippen LogP contribution in [0, 0.1) is 6.92 Å². The molecule has 0 bridgehead atoms. The molecule has 0 saturated carbocycles. The Balaban J connectivity index is 1.42. The zero-order valence-electron chi connectivity index (χ0n) is 18.3. The molecule has 2 aromatic carbocycles. The fraction of sp³-hybridized carbons (Fsp3) is 0.240. The van der Waals surface area contributed by atoms with E-state index in [9.17, 15) is 9.59 Å². The van der Waals surface area contributed by atoms with Crippen LogP contribution in [0.3, 0.4) is 0 Å². The molecule has 3 rings (SSSR count). The maximum atomic E-state index is 12.2. The van der Waals surface area contributed by atoms with Gasteiger partial charge in [0.15, 0.2) is 11.5 Å². The average molecular weight is 434 g/mol. The minimum absolute atomic E-state index is 0.152. The standard InChI is InChI=1S/C25H27N3O4/c1-3-31-21-10-6-7-11-22(21)32-24-13-12-19(17-28-24)16-27-23(29)14-15-26-25(30)20-9-5-4-8-18(20)2/h4-13,17H,3,14-16H2,1-2H3,(H,26,30)(H,27,29). The van der Waals surface area contributed by atoms with E-state index >= 15 is 0 Å². The molecule has 0 aliphatic rings. The smallest absolute Gasteiger partial charge is 0.251 e. The minimum atomic E-state index is -0.179. The number of carbonyl (C=O) groups excluding carboxylic acids is 2. The first kappa shape index (κ1) is 22.8. The van der Waals surface area contributed by atoms with Crippen molar-refractivity contribution in [3.63, 3.8) is 0 Å². The first-order valence-electron chi connectivity index (χ1n) is 10.5. The fourth-order valence-electron chi connectivity index (χ4n) is 3.00. The molecule has 0 radical (unpaired) electrons. The Labute approximate surface area is 187 Å². The molecule has 7 heteroatoms. The van der Waals surface area contributed by atoms with E-state index in [1.165, 1.54) is 0 Å². The lowest BCUT2D eigenvalue weighted by atomic mass is 10.1. The molecule has 2 amide bonds. The van der Waals surface area contributed by atoms with Crippen LogP contribution < -0.4 is 20.1 Å². The lowest BCUT2D eigenvalue weighted by Gasteiger charge is -2.11. The van der Waals surface area contributed by atoms with Crippen LogP contribution in [-0.4, -0.2) is 29.9 Å². The number of rotatable bonds is 10. The van der Waals surface area contributed by atoms with Crippen molar-refractivity contribution in [1.82, 2.24) is 15.6 Å². The third-order valence-corrected chi connectivity index (χ3v) is 4.68. The zero-order valence-corrected chi connectivity index (χ0v) is 18.3. The van der Waals surface area contributed by atoms with E-state index < -0.39 is 0 Å². The maximum Gasteiger partial charge on any atom is 0.251 e. The molecule has 1 aromatic heterocycles. The van der Waals surface area contributed by atoms with Crippen molar-refractivity contribution in [3.8, 4) is 17.4 Å². The summed E-state index contributed by atoms with van der Waals surface area (Å²) in [5.74, 6) is 1.35. The van der Waals surface area contributed by atoms with Crippen LogP contribution >= 0.6 is 0 Å². The summed E-state index contributed by atoms with van der Waals surface area (Å²) in [5, 5.41) is 5.60. The van der Waals surface area contributed by atoms with Gasteiger partial charge in [0, 0.05) is 37.3 Å². The second-order valence-corrected chi connectivity index (χ2v) is 7.08. The Morgan fingerprint density at radius 3 is 2.41 bits per heavy atom. The van der Waals surface area contributed by atoms with Gasteiger partial charge in [-0.1, -0.05) is 36.4 Å². The van der Waals surface area contributed by atoms with Gasteiger partial charge in [0.2, 0.25) is 11.8 Å². The number of nitrogens with zero attached hydrogens (tertiary/aromatic N) is 1.